The Morgan fingerprint density at radius 2 is 2.06 bits per heavy atom. The predicted octanol–water partition coefficient (Wildman–Crippen LogP) is 5.67. The highest BCUT2D eigenvalue weighted by atomic mass is 32.2. The standard InChI is InChI=1S/C24H30N4O2S/c1-16-14-21(17(2)28(16)12-10-19-8-6-5-7-9-19)22(29)15-31-24-26-25-23(27(24)4)20-11-13-30-18(20)3/h8,11,13-14H,5-7,9-10,12,15H2,1-4H3. The Hall–Kier alpha value is -2.54. The lowest BCUT2D eigenvalue weighted by atomic mass is 9.97. The molecule has 0 amide bonds. The molecule has 0 fully saturated rings. The van der Waals surface area contributed by atoms with Gasteiger partial charge in [0.25, 0.3) is 0 Å². The van der Waals surface area contributed by atoms with Gasteiger partial charge >= 0.3 is 0 Å². The number of aromatic nitrogens is 4. The lowest BCUT2D eigenvalue weighted by molar-refractivity contribution is 0.102. The smallest absolute Gasteiger partial charge is 0.191 e. The molecule has 3 aromatic rings. The van der Waals surface area contributed by atoms with Crippen LogP contribution in [-0.4, -0.2) is 30.9 Å². The molecule has 0 aromatic carbocycles. The van der Waals surface area contributed by atoms with Crippen LogP contribution >= 0.6 is 11.8 Å². The SMILES string of the molecule is Cc1occc1-c1nnc(SCC(=O)c2cc(C)n(CCC3=CCCCC3)c2C)n1C. The van der Waals surface area contributed by atoms with Crippen LogP contribution in [0.15, 0.2) is 39.6 Å². The van der Waals surface area contributed by atoms with Crippen LogP contribution < -0.4 is 0 Å². The van der Waals surface area contributed by atoms with Crippen LogP contribution in [0, 0.1) is 20.8 Å². The first-order chi connectivity index (χ1) is 15.0. The summed E-state index contributed by atoms with van der Waals surface area (Å²) in [5.41, 5.74) is 5.51. The second-order valence-electron chi connectivity index (χ2n) is 8.26. The van der Waals surface area contributed by atoms with E-state index in [4.69, 9.17) is 4.42 Å². The third-order valence-electron chi connectivity index (χ3n) is 6.18. The molecule has 0 N–H and O–H groups in total. The van der Waals surface area contributed by atoms with Gasteiger partial charge in [-0.15, -0.1) is 10.2 Å². The molecule has 0 saturated carbocycles. The van der Waals surface area contributed by atoms with E-state index in [-0.39, 0.29) is 5.78 Å². The van der Waals surface area contributed by atoms with Gasteiger partial charge in [-0.1, -0.05) is 23.4 Å². The zero-order valence-corrected chi connectivity index (χ0v) is 19.6. The molecule has 1 aliphatic rings. The third-order valence-corrected chi connectivity index (χ3v) is 7.20. The Morgan fingerprint density at radius 1 is 1.23 bits per heavy atom. The number of nitrogens with zero attached hydrogens (tertiary/aromatic N) is 4. The monoisotopic (exact) mass is 438 g/mol. The Bertz CT molecular complexity index is 1120. The molecule has 0 radical (unpaired) electrons. The van der Waals surface area contributed by atoms with E-state index >= 15 is 0 Å². The average Bonchev–Trinajstić information content (AvgIpc) is 3.43. The maximum Gasteiger partial charge on any atom is 0.191 e. The summed E-state index contributed by atoms with van der Waals surface area (Å²) < 4.78 is 9.58. The highest BCUT2D eigenvalue weighted by Crippen LogP contribution is 2.27. The van der Waals surface area contributed by atoms with E-state index in [0.29, 0.717) is 5.75 Å². The molecule has 31 heavy (non-hydrogen) atoms. The van der Waals surface area contributed by atoms with E-state index in [0.717, 1.165) is 52.2 Å². The first-order valence-corrected chi connectivity index (χ1v) is 11.9. The van der Waals surface area contributed by atoms with Gasteiger partial charge in [-0.25, -0.2) is 0 Å². The first-order valence-electron chi connectivity index (χ1n) is 10.9. The summed E-state index contributed by atoms with van der Waals surface area (Å²) in [7, 11) is 1.92. The summed E-state index contributed by atoms with van der Waals surface area (Å²) in [5, 5.41) is 9.29. The van der Waals surface area contributed by atoms with Crippen molar-refractivity contribution in [3.05, 3.63) is 52.8 Å². The zero-order valence-electron chi connectivity index (χ0n) is 18.8. The largest absolute Gasteiger partial charge is 0.469 e. The van der Waals surface area contributed by atoms with Crippen molar-refractivity contribution in [3.8, 4) is 11.4 Å². The van der Waals surface area contributed by atoms with Crippen LogP contribution in [0.5, 0.6) is 0 Å². The minimum atomic E-state index is 0.130. The van der Waals surface area contributed by atoms with E-state index in [2.05, 4.69) is 34.7 Å². The zero-order chi connectivity index (χ0) is 22.0. The topological polar surface area (TPSA) is 65.8 Å². The number of carbonyl (C=O) groups is 1. The van der Waals surface area contributed by atoms with Crippen molar-refractivity contribution in [1.82, 2.24) is 19.3 Å². The summed E-state index contributed by atoms with van der Waals surface area (Å²) in [4.78, 5) is 13.0. The lowest BCUT2D eigenvalue weighted by Crippen LogP contribution is -2.08. The van der Waals surface area contributed by atoms with Gasteiger partial charge < -0.3 is 13.6 Å². The molecule has 0 spiro atoms. The molecular weight excluding hydrogens is 408 g/mol. The number of furan rings is 1. The number of thioether (sulfide) groups is 1. The lowest BCUT2D eigenvalue weighted by Gasteiger charge is -2.15. The van der Waals surface area contributed by atoms with E-state index in [1.165, 1.54) is 37.4 Å². The Labute approximate surface area is 187 Å². The van der Waals surface area contributed by atoms with Crippen LogP contribution in [0.3, 0.4) is 0 Å². The number of ketones is 1. The number of carbonyl (C=O) groups excluding carboxylic acids is 1. The molecule has 7 heteroatoms. The van der Waals surface area contributed by atoms with Gasteiger partial charge in [0, 0.05) is 30.5 Å². The van der Waals surface area contributed by atoms with Gasteiger partial charge in [-0.2, -0.15) is 0 Å². The molecule has 0 saturated heterocycles. The van der Waals surface area contributed by atoms with Crippen molar-refractivity contribution in [2.45, 2.75) is 64.6 Å². The van der Waals surface area contributed by atoms with Crippen molar-refractivity contribution < 1.29 is 9.21 Å². The Kier molecular flexibility index (Phi) is 6.51. The highest BCUT2D eigenvalue weighted by Gasteiger charge is 2.19. The number of hydrogen-bond donors (Lipinski definition) is 0. The van der Waals surface area contributed by atoms with Crippen molar-refractivity contribution in [3.63, 3.8) is 0 Å². The molecule has 1 aliphatic carbocycles. The van der Waals surface area contributed by atoms with Gasteiger partial charge in [0.15, 0.2) is 16.8 Å². The minimum Gasteiger partial charge on any atom is -0.469 e. The molecule has 0 bridgehead atoms. The molecule has 3 aromatic heterocycles. The molecule has 4 rings (SSSR count). The predicted molar refractivity (Wildman–Crippen MR) is 124 cm³/mol. The molecule has 164 valence electrons. The van der Waals surface area contributed by atoms with Crippen molar-refractivity contribution in [1.29, 1.82) is 0 Å². The Balaban J connectivity index is 1.42. The van der Waals surface area contributed by atoms with E-state index < -0.39 is 0 Å². The highest BCUT2D eigenvalue weighted by molar-refractivity contribution is 7.99. The fourth-order valence-electron chi connectivity index (χ4n) is 4.31. The van der Waals surface area contributed by atoms with E-state index in [9.17, 15) is 4.79 Å². The number of Topliss-reactive ketones (excluding diaryl/α,β-unsaturated/α-hetero) is 1. The van der Waals surface area contributed by atoms with Crippen molar-refractivity contribution >= 4 is 17.5 Å². The van der Waals surface area contributed by atoms with Gasteiger partial charge in [0.1, 0.15) is 5.76 Å². The van der Waals surface area contributed by atoms with Crippen molar-refractivity contribution in [2.75, 3.05) is 5.75 Å². The molecule has 0 atom stereocenters. The third kappa shape index (κ3) is 4.56. The van der Waals surface area contributed by atoms with Crippen LogP contribution in [0.1, 0.15) is 59.6 Å². The number of aryl methyl sites for hydroxylation is 2. The minimum absolute atomic E-state index is 0.130. The van der Waals surface area contributed by atoms with Crippen LogP contribution in [0.4, 0.5) is 0 Å². The van der Waals surface area contributed by atoms with Crippen molar-refractivity contribution in [2.24, 2.45) is 7.05 Å². The van der Waals surface area contributed by atoms with Gasteiger partial charge in [-0.3, -0.25) is 4.79 Å². The Morgan fingerprint density at radius 3 is 2.77 bits per heavy atom. The fraction of sp³-hybridized carbons (Fsp3) is 0.458. The van der Waals surface area contributed by atoms with Gasteiger partial charge in [0.2, 0.25) is 0 Å². The fourth-order valence-corrected chi connectivity index (χ4v) is 5.11. The summed E-state index contributed by atoms with van der Waals surface area (Å²) in [5.74, 6) is 2.02. The summed E-state index contributed by atoms with van der Waals surface area (Å²) in [6, 6.07) is 3.92. The summed E-state index contributed by atoms with van der Waals surface area (Å²) in [6.45, 7) is 7.00. The average molecular weight is 439 g/mol. The van der Waals surface area contributed by atoms with Gasteiger partial charge in [0.05, 0.1) is 17.6 Å². The maximum absolute atomic E-state index is 13.0. The van der Waals surface area contributed by atoms with Crippen LogP contribution in [0.25, 0.3) is 11.4 Å². The van der Waals surface area contributed by atoms with Gasteiger partial charge in [-0.05, 0) is 65.0 Å². The number of rotatable bonds is 8. The molecule has 0 aliphatic heterocycles. The number of hydrogen-bond acceptors (Lipinski definition) is 5. The second-order valence-corrected chi connectivity index (χ2v) is 9.20. The van der Waals surface area contributed by atoms with Crippen LogP contribution in [-0.2, 0) is 13.6 Å². The quantitative estimate of drug-likeness (QED) is 0.258. The molecule has 3 heterocycles. The number of allylic oxidation sites excluding steroid dienone is 2. The first kappa shape index (κ1) is 21.7. The molecular formula is C24H30N4O2S. The molecule has 0 unspecified atom stereocenters. The van der Waals surface area contributed by atoms with E-state index in [1.807, 2.05) is 30.7 Å². The normalized spacial score (nSPS) is 14.1. The van der Waals surface area contributed by atoms with E-state index in [1.54, 1.807) is 11.8 Å². The second kappa shape index (κ2) is 9.30. The summed E-state index contributed by atoms with van der Waals surface area (Å²) in [6.07, 6.45) is 10.2. The molecule has 6 nitrogen and oxygen atoms in total. The maximum atomic E-state index is 13.0. The summed E-state index contributed by atoms with van der Waals surface area (Å²) >= 11 is 1.42. The van der Waals surface area contributed by atoms with Crippen LogP contribution in [0.2, 0.25) is 0 Å².